The van der Waals surface area contributed by atoms with Crippen molar-refractivity contribution in [1.29, 1.82) is 0 Å². The molecule has 2 aliphatic heterocycles. The van der Waals surface area contributed by atoms with E-state index in [1.54, 1.807) is 11.3 Å². The maximum Gasteiger partial charge on any atom is 0.227 e. The maximum atomic E-state index is 12.8. The van der Waals surface area contributed by atoms with Gasteiger partial charge >= 0.3 is 0 Å². The van der Waals surface area contributed by atoms with Crippen molar-refractivity contribution in [2.45, 2.75) is 26.3 Å². The average Bonchev–Trinajstić information content (AvgIpc) is 3.25. The smallest absolute Gasteiger partial charge is 0.227 e. The molecule has 1 saturated heterocycles. The van der Waals surface area contributed by atoms with Crippen molar-refractivity contribution in [2.24, 2.45) is 5.92 Å². The monoisotopic (exact) mass is 333 g/mol. The zero-order valence-electron chi connectivity index (χ0n) is 12.6. The summed E-state index contributed by atoms with van der Waals surface area (Å²) in [7, 11) is 0. The van der Waals surface area contributed by atoms with Crippen LogP contribution in [0.1, 0.15) is 22.6 Å². The van der Waals surface area contributed by atoms with Crippen LogP contribution in [0.2, 0.25) is 0 Å². The molecule has 0 aliphatic carbocycles. The Balaban J connectivity index is 1.42. The average molecular weight is 333 g/mol. The highest BCUT2D eigenvalue weighted by atomic mass is 32.1. The van der Waals surface area contributed by atoms with Crippen molar-refractivity contribution in [1.82, 2.24) is 9.88 Å². The molecule has 0 aromatic carbocycles. The number of carbonyl (C=O) groups excluding carboxylic acids is 1. The number of aromatic nitrogens is 1. The number of rotatable bonds is 2. The van der Waals surface area contributed by atoms with E-state index in [9.17, 15) is 4.79 Å². The van der Waals surface area contributed by atoms with Gasteiger partial charge in [-0.15, -0.1) is 22.7 Å². The second-order valence-electron chi connectivity index (χ2n) is 6.08. The summed E-state index contributed by atoms with van der Waals surface area (Å²) >= 11 is 3.50. The Morgan fingerprint density at radius 3 is 3.09 bits per heavy atom. The molecule has 6 heteroatoms. The summed E-state index contributed by atoms with van der Waals surface area (Å²) in [6, 6.07) is 2.17. The van der Waals surface area contributed by atoms with E-state index in [1.807, 2.05) is 18.3 Å². The number of thiazole rings is 1. The molecule has 4 nitrogen and oxygen atoms in total. The molecular weight excluding hydrogens is 314 g/mol. The zero-order chi connectivity index (χ0) is 15.1. The van der Waals surface area contributed by atoms with Gasteiger partial charge in [-0.1, -0.05) is 0 Å². The van der Waals surface area contributed by atoms with Crippen molar-refractivity contribution in [2.75, 3.05) is 24.5 Å². The van der Waals surface area contributed by atoms with E-state index < -0.39 is 0 Å². The lowest BCUT2D eigenvalue weighted by Crippen LogP contribution is -2.40. The quantitative estimate of drug-likeness (QED) is 0.848. The summed E-state index contributed by atoms with van der Waals surface area (Å²) in [5.74, 6) is 0.456. The Labute approximate surface area is 138 Å². The van der Waals surface area contributed by atoms with Crippen molar-refractivity contribution < 1.29 is 4.79 Å². The van der Waals surface area contributed by atoms with E-state index in [4.69, 9.17) is 0 Å². The van der Waals surface area contributed by atoms with E-state index in [1.165, 1.54) is 10.4 Å². The highest BCUT2D eigenvalue weighted by Gasteiger charge is 2.33. The van der Waals surface area contributed by atoms with Crippen LogP contribution in [0.15, 0.2) is 16.8 Å². The highest BCUT2D eigenvalue weighted by Crippen LogP contribution is 2.30. The lowest BCUT2D eigenvalue weighted by atomic mass is 10.0. The molecule has 22 heavy (non-hydrogen) atoms. The lowest BCUT2D eigenvalue weighted by Gasteiger charge is -2.29. The first kappa shape index (κ1) is 14.2. The number of hydrogen-bond acceptors (Lipinski definition) is 5. The van der Waals surface area contributed by atoms with Gasteiger partial charge in [-0.3, -0.25) is 4.79 Å². The standard InChI is InChI=1S/C16H19N3OS2/c1-11-10-22-16(17-11)19-5-2-13(9-19)15(20)18-6-3-14-12(8-18)4-7-21-14/h4,7,10,13H,2-3,5-6,8-9H2,1H3. The minimum atomic E-state index is 0.129. The van der Waals surface area contributed by atoms with Gasteiger partial charge in [0, 0.05) is 36.4 Å². The number of anilines is 1. The zero-order valence-corrected chi connectivity index (χ0v) is 14.3. The van der Waals surface area contributed by atoms with Gasteiger partial charge in [0.05, 0.1) is 11.6 Å². The molecule has 2 aliphatic rings. The van der Waals surface area contributed by atoms with Gasteiger partial charge < -0.3 is 9.80 Å². The van der Waals surface area contributed by atoms with Gasteiger partial charge in [0.15, 0.2) is 5.13 Å². The van der Waals surface area contributed by atoms with Crippen LogP contribution in [0.4, 0.5) is 5.13 Å². The molecule has 4 rings (SSSR count). The van der Waals surface area contributed by atoms with Crippen LogP contribution >= 0.6 is 22.7 Å². The number of amides is 1. The number of fused-ring (bicyclic) bond motifs is 1. The third-order valence-electron chi connectivity index (χ3n) is 4.53. The Morgan fingerprint density at radius 2 is 2.27 bits per heavy atom. The van der Waals surface area contributed by atoms with Crippen LogP contribution in [0, 0.1) is 12.8 Å². The molecule has 4 heterocycles. The van der Waals surface area contributed by atoms with Gasteiger partial charge in [0.25, 0.3) is 0 Å². The van der Waals surface area contributed by atoms with E-state index in [2.05, 4.69) is 31.6 Å². The predicted octanol–water partition coefficient (Wildman–Crippen LogP) is 2.92. The molecule has 2 aromatic rings. The minimum Gasteiger partial charge on any atom is -0.347 e. The normalized spacial score (nSPS) is 21.2. The summed E-state index contributed by atoms with van der Waals surface area (Å²) in [5, 5.41) is 5.28. The number of hydrogen-bond donors (Lipinski definition) is 0. The molecule has 0 bridgehead atoms. The third-order valence-corrected chi connectivity index (χ3v) is 6.58. The van der Waals surface area contributed by atoms with Gasteiger partial charge in [-0.2, -0.15) is 0 Å². The molecular formula is C16H19N3OS2. The molecule has 0 radical (unpaired) electrons. The van der Waals surface area contributed by atoms with Crippen molar-refractivity contribution in [3.63, 3.8) is 0 Å². The number of carbonyl (C=O) groups is 1. The van der Waals surface area contributed by atoms with Crippen LogP contribution in [0.25, 0.3) is 0 Å². The summed E-state index contributed by atoms with van der Waals surface area (Å²) in [5.41, 5.74) is 2.41. The molecule has 0 saturated carbocycles. The second-order valence-corrected chi connectivity index (χ2v) is 7.92. The van der Waals surface area contributed by atoms with E-state index >= 15 is 0 Å². The molecule has 1 amide bonds. The van der Waals surface area contributed by atoms with E-state index in [0.29, 0.717) is 5.91 Å². The first-order valence-electron chi connectivity index (χ1n) is 7.72. The van der Waals surface area contributed by atoms with Gasteiger partial charge in [-0.05, 0) is 36.8 Å². The van der Waals surface area contributed by atoms with E-state index in [-0.39, 0.29) is 5.92 Å². The van der Waals surface area contributed by atoms with Crippen LogP contribution in [0.3, 0.4) is 0 Å². The van der Waals surface area contributed by atoms with Crippen LogP contribution in [0.5, 0.6) is 0 Å². The topological polar surface area (TPSA) is 36.4 Å². The van der Waals surface area contributed by atoms with Crippen molar-refractivity contribution >= 4 is 33.7 Å². The van der Waals surface area contributed by atoms with Crippen LogP contribution in [-0.4, -0.2) is 35.4 Å². The van der Waals surface area contributed by atoms with Crippen LogP contribution < -0.4 is 4.90 Å². The fourth-order valence-electron chi connectivity index (χ4n) is 3.32. The molecule has 1 atom stereocenters. The van der Waals surface area contributed by atoms with E-state index in [0.717, 1.165) is 49.8 Å². The van der Waals surface area contributed by atoms with Crippen molar-refractivity contribution in [3.8, 4) is 0 Å². The number of aryl methyl sites for hydroxylation is 1. The Bertz CT molecular complexity index is 693. The molecule has 1 fully saturated rings. The Hall–Kier alpha value is -1.40. The summed E-state index contributed by atoms with van der Waals surface area (Å²) < 4.78 is 0. The van der Waals surface area contributed by atoms with Crippen molar-refractivity contribution in [3.05, 3.63) is 33.0 Å². The highest BCUT2D eigenvalue weighted by molar-refractivity contribution is 7.13. The Kier molecular flexibility index (Phi) is 3.66. The Morgan fingerprint density at radius 1 is 1.36 bits per heavy atom. The predicted molar refractivity (Wildman–Crippen MR) is 90.6 cm³/mol. The van der Waals surface area contributed by atoms with Gasteiger partial charge in [-0.25, -0.2) is 4.98 Å². The third kappa shape index (κ3) is 2.54. The fourth-order valence-corrected chi connectivity index (χ4v) is 5.05. The van der Waals surface area contributed by atoms with Crippen LogP contribution in [-0.2, 0) is 17.8 Å². The maximum absolute atomic E-state index is 12.8. The molecule has 2 aromatic heterocycles. The van der Waals surface area contributed by atoms with Gasteiger partial charge in [0.2, 0.25) is 5.91 Å². The first-order valence-corrected chi connectivity index (χ1v) is 9.48. The summed E-state index contributed by atoms with van der Waals surface area (Å²) in [6.45, 7) is 5.45. The SMILES string of the molecule is Cc1csc(N2CCC(C(=O)N3CCc4sccc4C3)C2)n1. The van der Waals surface area contributed by atoms with Gasteiger partial charge in [0.1, 0.15) is 0 Å². The fraction of sp³-hybridized carbons (Fsp3) is 0.500. The molecule has 116 valence electrons. The lowest BCUT2D eigenvalue weighted by molar-refractivity contribution is -0.135. The first-order chi connectivity index (χ1) is 10.7. The number of nitrogens with zero attached hydrogens (tertiary/aromatic N) is 3. The summed E-state index contributed by atoms with van der Waals surface area (Å²) in [6.07, 6.45) is 1.96. The number of thiophene rings is 1. The molecule has 0 N–H and O–H groups in total. The minimum absolute atomic E-state index is 0.129. The molecule has 0 spiro atoms. The largest absolute Gasteiger partial charge is 0.347 e. The molecule has 1 unspecified atom stereocenters. The second kappa shape index (κ2) is 5.66. The summed E-state index contributed by atoms with van der Waals surface area (Å²) in [4.78, 5) is 23.1.